The Balaban J connectivity index is 1.52. The summed E-state index contributed by atoms with van der Waals surface area (Å²) >= 11 is 3.04. The standard InChI is InChI=1S/C24H26N4OS2/c1-14-10-15(2)28-23(27-14)31-21-9-7-17(29-21)13-26-22-19(12-25)18-8-6-16(24(3,4)5)11-20(18)30-22/h7,9-10,13,16H,6,8,11H2,1-5H3/t16-/m1/s1. The molecule has 7 heteroatoms. The van der Waals surface area contributed by atoms with Crippen molar-refractivity contribution in [3.05, 3.63) is 51.4 Å². The number of aromatic nitrogens is 2. The maximum absolute atomic E-state index is 9.74. The van der Waals surface area contributed by atoms with Crippen molar-refractivity contribution in [3.8, 4) is 6.07 Å². The smallest absolute Gasteiger partial charge is 0.195 e. The van der Waals surface area contributed by atoms with Crippen molar-refractivity contribution < 1.29 is 4.42 Å². The third kappa shape index (κ3) is 4.91. The van der Waals surface area contributed by atoms with Crippen molar-refractivity contribution in [1.29, 1.82) is 5.26 Å². The summed E-state index contributed by atoms with van der Waals surface area (Å²) in [4.78, 5) is 14.8. The molecule has 0 bridgehead atoms. The van der Waals surface area contributed by atoms with E-state index in [1.165, 1.54) is 22.2 Å². The SMILES string of the molecule is Cc1cc(C)nc(Sc2ccc(C=Nc3sc4c(c3C#N)CC[C@@H](C(C)(C)C)C4)o2)n1. The molecule has 3 aromatic rings. The maximum Gasteiger partial charge on any atom is 0.195 e. The Morgan fingerprint density at radius 3 is 2.68 bits per heavy atom. The zero-order valence-corrected chi connectivity index (χ0v) is 20.2. The molecule has 0 aromatic carbocycles. The molecule has 31 heavy (non-hydrogen) atoms. The van der Waals surface area contributed by atoms with E-state index in [2.05, 4.69) is 41.8 Å². The summed E-state index contributed by atoms with van der Waals surface area (Å²) in [7, 11) is 0. The molecule has 0 saturated heterocycles. The highest BCUT2D eigenvalue weighted by molar-refractivity contribution is 7.99. The fraction of sp³-hybridized carbons (Fsp3) is 0.417. The second-order valence-corrected chi connectivity index (χ2v) is 11.1. The van der Waals surface area contributed by atoms with Crippen LogP contribution in [0.3, 0.4) is 0 Å². The highest BCUT2D eigenvalue weighted by atomic mass is 32.2. The van der Waals surface area contributed by atoms with Crippen LogP contribution in [0.1, 0.15) is 60.3 Å². The zero-order chi connectivity index (χ0) is 22.2. The van der Waals surface area contributed by atoms with Gasteiger partial charge in [0.2, 0.25) is 0 Å². The van der Waals surface area contributed by atoms with Gasteiger partial charge in [0.1, 0.15) is 16.8 Å². The first-order chi connectivity index (χ1) is 14.7. The van der Waals surface area contributed by atoms with Crippen LogP contribution in [0.15, 0.2) is 37.9 Å². The Morgan fingerprint density at radius 1 is 1.26 bits per heavy atom. The highest BCUT2D eigenvalue weighted by Gasteiger charge is 2.32. The van der Waals surface area contributed by atoms with Gasteiger partial charge in [-0.3, -0.25) is 0 Å². The van der Waals surface area contributed by atoms with Crippen molar-refractivity contribution in [3.63, 3.8) is 0 Å². The third-order valence-electron chi connectivity index (χ3n) is 5.65. The van der Waals surface area contributed by atoms with Crippen LogP contribution in [0.2, 0.25) is 0 Å². The molecule has 4 rings (SSSR count). The van der Waals surface area contributed by atoms with Gasteiger partial charge in [0.15, 0.2) is 10.2 Å². The summed E-state index contributed by atoms with van der Waals surface area (Å²) in [5.74, 6) is 1.29. The molecule has 5 nitrogen and oxygen atoms in total. The fourth-order valence-electron chi connectivity index (χ4n) is 3.93. The van der Waals surface area contributed by atoms with Crippen molar-refractivity contribution in [2.75, 3.05) is 0 Å². The second kappa shape index (κ2) is 8.60. The van der Waals surface area contributed by atoms with Gasteiger partial charge in [-0.25, -0.2) is 15.0 Å². The molecule has 1 aliphatic rings. The summed E-state index contributed by atoms with van der Waals surface area (Å²) in [5.41, 5.74) is 4.07. The van der Waals surface area contributed by atoms with Gasteiger partial charge in [-0.15, -0.1) is 11.3 Å². The summed E-state index contributed by atoms with van der Waals surface area (Å²) in [5, 5.41) is 11.9. The van der Waals surface area contributed by atoms with Crippen LogP contribution < -0.4 is 0 Å². The molecular formula is C24H26N4OS2. The highest BCUT2D eigenvalue weighted by Crippen LogP contribution is 2.44. The molecule has 160 valence electrons. The van der Waals surface area contributed by atoms with Crippen molar-refractivity contribution in [2.24, 2.45) is 16.3 Å². The molecule has 3 heterocycles. The normalized spacial score (nSPS) is 16.5. The number of aliphatic imine (C=N–C) groups is 1. The van der Waals surface area contributed by atoms with Crippen LogP contribution in [0.5, 0.6) is 0 Å². The first kappa shape index (κ1) is 21.8. The fourth-order valence-corrected chi connectivity index (χ4v) is 5.98. The van der Waals surface area contributed by atoms with Crippen LogP contribution in [0.4, 0.5) is 5.00 Å². The Hall–Kier alpha value is -2.43. The van der Waals surface area contributed by atoms with Crippen LogP contribution in [-0.2, 0) is 12.8 Å². The molecule has 0 amide bonds. The first-order valence-corrected chi connectivity index (χ1v) is 12.0. The molecule has 0 fully saturated rings. The number of rotatable bonds is 4. The summed E-state index contributed by atoms with van der Waals surface area (Å²) in [6.07, 6.45) is 4.82. The van der Waals surface area contributed by atoms with Gasteiger partial charge in [0.05, 0.1) is 11.8 Å². The average molecular weight is 451 g/mol. The molecule has 0 unspecified atom stereocenters. The minimum Gasteiger partial charge on any atom is -0.448 e. The predicted octanol–water partition coefficient (Wildman–Crippen LogP) is 6.67. The number of nitriles is 1. The number of nitrogens with zero attached hydrogens (tertiary/aromatic N) is 4. The minimum atomic E-state index is 0.277. The van der Waals surface area contributed by atoms with Crippen LogP contribution in [0, 0.1) is 36.5 Å². The van der Waals surface area contributed by atoms with E-state index in [1.54, 1.807) is 17.6 Å². The van der Waals surface area contributed by atoms with Crippen LogP contribution in [-0.4, -0.2) is 16.2 Å². The van der Waals surface area contributed by atoms with Gasteiger partial charge in [-0.2, -0.15) is 5.26 Å². The van der Waals surface area contributed by atoms with Crippen molar-refractivity contribution in [1.82, 2.24) is 9.97 Å². The van der Waals surface area contributed by atoms with Gasteiger partial charge in [-0.1, -0.05) is 20.8 Å². The lowest BCUT2D eigenvalue weighted by atomic mass is 9.72. The quantitative estimate of drug-likeness (QED) is 0.328. The van der Waals surface area contributed by atoms with Gasteiger partial charge in [0.25, 0.3) is 0 Å². The van der Waals surface area contributed by atoms with E-state index < -0.39 is 0 Å². The molecule has 0 radical (unpaired) electrons. The number of thiophene rings is 1. The molecule has 0 saturated carbocycles. The van der Waals surface area contributed by atoms with E-state index in [0.717, 1.165) is 41.2 Å². The summed E-state index contributed by atoms with van der Waals surface area (Å²) < 4.78 is 5.88. The van der Waals surface area contributed by atoms with E-state index in [0.29, 0.717) is 21.9 Å². The summed E-state index contributed by atoms with van der Waals surface area (Å²) in [6.45, 7) is 10.8. The van der Waals surface area contributed by atoms with Crippen molar-refractivity contribution >= 4 is 34.3 Å². The number of furan rings is 1. The molecule has 1 atom stereocenters. The molecular weight excluding hydrogens is 424 g/mol. The molecule has 3 aromatic heterocycles. The van der Waals surface area contributed by atoms with Gasteiger partial charge in [-0.05, 0) is 80.0 Å². The van der Waals surface area contributed by atoms with E-state index in [1.807, 2.05) is 32.0 Å². The largest absolute Gasteiger partial charge is 0.448 e. The van der Waals surface area contributed by atoms with Gasteiger partial charge in [0, 0.05) is 16.3 Å². The molecule has 1 aliphatic carbocycles. The van der Waals surface area contributed by atoms with Gasteiger partial charge < -0.3 is 4.42 Å². The third-order valence-corrected chi connectivity index (χ3v) is 7.60. The lowest BCUT2D eigenvalue weighted by Gasteiger charge is -2.33. The molecule has 0 spiro atoms. The zero-order valence-electron chi connectivity index (χ0n) is 18.5. The number of hydrogen-bond donors (Lipinski definition) is 0. The Morgan fingerprint density at radius 2 is 2.00 bits per heavy atom. The van der Waals surface area contributed by atoms with E-state index in [9.17, 15) is 5.26 Å². The second-order valence-electron chi connectivity index (χ2n) is 9.05. The number of aryl methyl sites for hydroxylation is 2. The number of fused-ring (bicyclic) bond motifs is 1. The van der Waals surface area contributed by atoms with E-state index in [-0.39, 0.29) is 5.41 Å². The maximum atomic E-state index is 9.74. The molecule has 0 aliphatic heterocycles. The van der Waals surface area contributed by atoms with E-state index >= 15 is 0 Å². The topological polar surface area (TPSA) is 75.1 Å². The van der Waals surface area contributed by atoms with E-state index in [4.69, 9.17) is 4.42 Å². The summed E-state index contributed by atoms with van der Waals surface area (Å²) in [6, 6.07) is 8.11. The Kier molecular flexibility index (Phi) is 6.05. The lowest BCUT2D eigenvalue weighted by Crippen LogP contribution is -2.26. The Labute approximate surface area is 191 Å². The monoisotopic (exact) mass is 450 g/mol. The van der Waals surface area contributed by atoms with Crippen LogP contribution in [0.25, 0.3) is 0 Å². The van der Waals surface area contributed by atoms with Crippen LogP contribution >= 0.6 is 23.1 Å². The Bertz CT molecular complexity index is 1160. The average Bonchev–Trinajstić information content (AvgIpc) is 3.27. The lowest BCUT2D eigenvalue weighted by molar-refractivity contribution is 0.218. The van der Waals surface area contributed by atoms with Gasteiger partial charge >= 0.3 is 0 Å². The van der Waals surface area contributed by atoms with Crippen molar-refractivity contribution in [2.45, 2.75) is 64.1 Å². The molecule has 0 N–H and O–H groups in total. The minimum absolute atomic E-state index is 0.277. The number of hydrogen-bond acceptors (Lipinski definition) is 7. The first-order valence-electron chi connectivity index (χ1n) is 10.4. The predicted molar refractivity (Wildman–Crippen MR) is 126 cm³/mol.